The summed E-state index contributed by atoms with van der Waals surface area (Å²) in [5.41, 5.74) is -0.239. The normalized spacial score (nSPS) is 21.3. The van der Waals surface area contributed by atoms with Crippen LogP contribution in [-0.4, -0.2) is 48.6 Å². The number of ether oxygens (including phenoxy) is 1. The molecule has 1 amide bonds. The Morgan fingerprint density at radius 1 is 1.41 bits per heavy atom. The predicted octanol–water partition coefficient (Wildman–Crippen LogP) is 0.539. The van der Waals surface area contributed by atoms with E-state index in [-0.39, 0.29) is 30.0 Å². The van der Waals surface area contributed by atoms with Gasteiger partial charge in [-0.1, -0.05) is 0 Å². The van der Waals surface area contributed by atoms with Crippen LogP contribution in [0.3, 0.4) is 0 Å². The topological polar surface area (TPSA) is 58.6 Å². The molecule has 1 saturated heterocycles. The molecule has 0 unspecified atom stereocenters. The summed E-state index contributed by atoms with van der Waals surface area (Å²) in [7, 11) is 1.38. The zero-order valence-corrected chi connectivity index (χ0v) is 11.1. The van der Waals surface area contributed by atoms with Crippen molar-refractivity contribution in [3.63, 3.8) is 0 Å². The van der Waals surface area contributed by atoms with E-state index >= 15 is 0 Å². The number of hydrogen-bond donors (Lipinski definition) is 1. The number of esters is 1. The Hall–Kier alpha value is -1.10. The summed E-state index contributed by atoms with van der Waals surface area (Å²) in [6.07, 6.45) is 1.71. The molecule has 98 valence electrons. The van der Waals surface area contributed by atoms with E-state index in [1.54, 1.807) is 0 Å². The van der Waals surface area contributed by atoms with Crippen LogP contribution in [0, 0.1) is 0 Å². The third kappa shape index (κ3) is 4.34. The minimum Gasteiger partial charge on any atom is -0.468 e. The summed E-state index contributed by atoms with van der Waals surface area (Å²) < 4.78 is 4.73. The second-order valence-electron chi connectivity index (χ2n) is 5.45. The molecule has 1 heterocycles. The number of rotatable bonds is 3. The number of carbonyl (C=O) groups excluding carboxylic acids is 2. The molecule has 1 N–H and O–H groups in total. The van der Waals surface area contributed by atoms with Crippen LogP contribution in [0.2, 0.25) is 0 Å². The molecule has 1 atom stereocenters. The first-order chi connectivity index (χ1) is 7.83. The van der Waals surface area contributed by atoms with Crippen molar-refractivity contribution in [2.45, 2.75) is 45.2 Å². The van der Waals surface area contributed by atoms with E-state index < -0.39 is 0 Å². The Balaban J connectivity index is 2.50. The van der Waals surface area contributed by atoms with Gasteiger partial charge in [0.05, 0.1) is 13.7 Å². The average Bonchev–Trinajstić information content (AvgIpc) is 2.61. The van der Waals surface area contributed by atoms with Crippen molar-refractivity contribution in [3.8, 4) is 0 Å². The molecule has 0 aliphatic carbocycles. The van der Waals surface area contributed by atoms with Gasteiger partial charge in [0.1, 0.15) is 6.04 Å². The van der Waals surface area contributed by atoms with Crippen LogP contribution in [-0.2, 0) is 14.3 Å². The summed E-state index contributed by atoms with van der Waals surface area (Å²) in [6.45, 7) is 6.85. The van der Waals surface area contributed by atoms with Crippen molar-refractivity contribution in [2.75, 3.05) is 20.2 Å². The molecule has 1 fully saturated rings. The van der Waals surface area contributed by atoms with Gasteiger partial charge in [0.15, 0.2) is 0 Å². The van der Waals surface area contributed by atoms with Crippen molar-refractivity contribution < 1.29 is 14.3 Å². The molecule has 0 spiro atoms. The van der Waals surface area contributed by atoms with Crippen molar-refractivity contribution in [1.82, 2.24) is 10.2 Å². The van der Waals surface area contributed by atoms with Gasteiger partial charge in [-0.3, -0.25) is 14.5 Å². The van der Waals surface area contributed by atoms with Gasteiger partial charge in [0.2, 0.25) is 5.91 Å². The number of hydrogen-bond acceptors (Lipinski definition) is 4. The summed E-state index contributed by atoms with van der Waals surface area (Å²) in [6, 6.07) is -0.259. The molecule has 0 aromatic heterocycles. The van der Waals surface area contributed by atoms with Crippen molar-refractivity contribution in [3.05, 3.63) is 0 Å². The lowest BCUT2D eigenvalue weighted by atomic mass is 10.1. The van der Waals surface area contributed by atoms with E-state index in [1.165, 1.54) is 7.11 Å². The SMILES string of the molecule is COC(=O)[C@@H]1CCCN1CC(=O)NC(C)(C)C. The molecular formula is C12H22N2O3. The van der Waals surface area contributed by atoms with Gasteiger partial charge in [0, 0.05) is 5.54 Å². The maximum atomic E-state index is 11.8. The van der Waals surface area contributed by atoms with Gasteiger partial charge in [-0.05, 0) is 40.2 Å². The fourth-order valence-corrected chi connectivity index (χ4v) is 2.06. The minimum absolute atomic E-state index is 0.0479. The van der Waals surface area contributed by atoms with Crippen LogP contribution in [0.4, 0.5) is 0 Å². The second kappa shape index (κ2) is 5.49. The average molecular weight is 242 g/mol. The maximum absolute atomic E-state index is 11.8. The summed E-state index contributed by atoms with van der Waals surface area (Å²) in [4.78, 5) is 25.1. The molecule has 0 aromatic carbocycles. The highest BCUT2D eigenvalue weighted by Gasteiger charge is 2.32. The number of likely N-dealkylation sites (tertiary alicyclic amines) is 1. The van der Waals surface area contributed by atoms with Crippen molar-refractivity contribution >= 4 is 11.9 Å². The molecule has 1 rings (SSSR count). The summed E-state index contributed by atoms with van der Waals surface area (Å²) in [5.74, 6) is -0.292. The van der Waals surface area contributed by atoms with E-state index in [9.17, 15) is 9.59 Å². The van der Waals surface area contributed by atoms with Crippen molar-refractivity contribution in [1.29, 1.82) is 0 Å². The smallest absolute Gasteiger partial charge is 0.323 e. The van der Waals surface area contributed by atoms with E-state index in [0.717, 1.165) is 19.4 Å². The van der Waals surface area contributed by atoms with Gasteiger partial charge in [-0.2, -0.15) is 0 Å². The third-order valence-corrected chi connectivity index (χ3v) is 2.70. The number of amides is 1. The quantitative estimate of drug-likeness (QED) is 0.734. The molecular weight excluding hydrogens is 220 g/mol. The van der Waals surface area contributed by atoms with Crippen molar-refractivity contribution in [2.24, 2.45) is 0 Å². The van der Waals surface area contributed by atoms with Crippen LogP contribution in [0.5, 0.6) is 0 Å². The molecule has 0 radical (unpaired) electrons. The Morgan fingerprint density at radius 2 is 2.06 bits per heavy atom. The fraction of sp³-hybridized carbons (Fsp3) is 0.833. The molecule has 5 nitrogen and oxygen atoms in total. The molecule has 1 aliphatic rings. The molecule has 0 saturated carbocycles. The summed E-state index contributed by atoms with van der Waals surface area (Å²) in [5, 5.41) is 2.89. The van der Waals surface area contributed by atoms with Gasteiger partial charge in [-0.25, -0.2) is 0 Å². The molecule has 1 aliphatic heterocycles. The second-order valence-corrected chi connectivity index (χ2v) is 5.45. The lowest BCUT2D eigenvalue weighted by molar-refractivity contribution is -0.146. The Bertz CT molecular complexity index is 297. The number of carbonyl (C=O) groups is 2. The van der Waals surface area contributed by atoms with Crippen LogP contribution >= 0.6 is 0 Å². The highest BCUT2D eigenvalue weighted by Crippen LogP contribution is 2.17. The highest BCUT2D eigenvalue weighted by atomic mass is 16.5. The first-order valence-corrected chi connectivity index (χ1v) is 5.96. The van der Waals surface area contributed by atoms with E-state index in [0.29, 0.717) is 0 Å². The van der Waals surface area contributed by atoms with E-state index in [1.807, 2.05) is 25.7 Å². The van der Waals surface area contributed by atoms with Crippen LogP contribution in [0.1, 0.15) is 33.6 Å². The van der Waals surface area contributed by atoms with Crippen LogP contribution < -0.4 is 5.32 Å². The first-order valence-electron chi connectivity index (χ1n) is 5.96. The monoisotopic (exact) mass is 242 g/mol. The molecule has 17 heavy (non-hydrogen) atoms. The lowest BCUT2D eigenvalue weighted by Crippen LogP contribution is -2.48. The molecule has 0 bridgehead atoms. The molecule has 0 aromatic rings. The Morgan fingerprint density at radius 3 is 2.59 bits per heavy atom. The van der Waals surface area contributed by atoms with E-state index in [4.69, 9.17) is 4.74 Å². The zero-order chi connectivity index (χ0) is 13.1. The Labute approximate surface area is 102 Å². The lowest BCUT2D eigenvalue weighted by Gasteiger charge is -2.25. The predicted molar refractivity (Wildman–Crippen MR) is 64.5 cm³/mol. The number of methoxy groups -OCH3 is 1. The minimum atomic E-state index is -0.259. The standard InChI is InChI=1S/C12H22N2O3/c1-12(2,3)13-10(15)8-14-7-5-6-9(14)11(16)17-4/h9H,5-8H2,1-4H3,(H,13,15)/t9-/m0/s1. The summed E-state index contributed by atoms with van der Waals surface area (Å²) >= 11 is 0. The number of nitrogens with one attached hydrogen (secondary N) is 1. The Kier molecular flexibility index (Phi) is 4.51. The maximum Gasteiger partial charge on any atom is 0.323 e. The van der Waals surface area contributed by atoms with E-state index in [2.05, 4.69) is 5.32 Å². The van der Waals surface area contributed by atoms with Gasteiger partial charge in [-0.15, -0.1) is 0 Å². The highest BCUT2D eigenvalue weighted by molar-refractivity contribution is 5.81. The third-order valence-electron chi connectivity index (χ3n) is 2.70. The van der Waals surface area contributed by atoms with Gasteiger partial charge >= 0.3 is 5.97 Å². The fourth-order valence-electron chi connectivity index (χ4n) is 2.06. The van der Waals surface area contributed by atoms with Gasteiger partial charge < -0.3 is 10.1 Å². The van der Waals surface area contributed by atoms with Crippen LogP contribution in [0.25, 0.3) is 0 Å². The van der Waals surface area contributed by atoms with Crippen LogP contribution in [0.15, 0.2) is 0 Å². The first kappa shape index (κ1) is 14.0. The zero-order valence-electron chi connectivity index (χ0n) is 11.1. The number of nitrogens with zero attached hydrogens (tertiary/aromatic N) is 1. The largest absolute Gasteiger partial charge is 0.468 e. The molecule has 5 heteroatoms. The van der Waals surface area contributed by atoms with Gasteiger partial charge in [0.25, 0.3) is 0 Å².